The zero-order chi connectivity index (χ0) is 23.9. The predicted molar refractivity (Wildman–Crippen MR) is 126 cm³/mol. The first kappa shape index (κ1) is 21.9. The smallest absolute Gasteiger partial charge is 0.301 e. The summed E-state index contributed by atoms with van der Waals surface area (Å²) in [6, 6.07) is 17.2. The van der Waals surface area contributed by atoms with Crippen molar-refractivity contribution in [3.8, 4) is 11.3 Å². The molecule has 0 bridgehead atoms. The van der Waals surface area contributed by atoms with Crippen molar-refractivity contribution < 1.29 is 22.0 Å². The summed E-state index contributed by atoms with van der Waals surface area (Å²) in [7, 11) is -3.58. The first-order valence-corrected chi connectivity index (χ1v) is 11.8. The molecule has 0 spiro atoms. The Bertz CT molecular complexity index is 1520. The van der Waals surface area contributed by atoms with Crippen LogP contribution in [0.2, 0.25) is 0 Å². The molecule has 1 saturated heterocycles. The van der Waals surface area contributed by atoms with Crippen LogP contribution in [-0.4, -0.2) is 32.4 Å². The molecule has 0 unspecified atom stereocenters. The second-order valence-electron chi connectivity index (χ2n) is 7.67. The van der Waals surface area contributed by atoms with Gasteiger partial charge in [0.1, 0.15) is 0 Å². The van der Waals surface area contributed by atoms with Crippen molar-refractivity contribution in [3.05, 3.63) is 90.1 Å². The monoisotopic (exact) mass is 480 g/mol. The summed E-state index contributed by atoms with van der Waals surface area (Å²) < 4.78 is 56.7. The molecule has 34 heavy (non-hydrogen) atoms. The highest BCUT2D eigenvalue weighted by atomic mass is 32.2. The Morgan fingerprint density at radius 1 is 1.03 bits per heavy atom. The van der Waals surface area contributed by atoms with E-state index in [1.807, 2.05) is 12.1 Å². The zero-order valence-corrected chi connectivity index (χ0v) is 18.4. The number of amides is 1. The van der Waals surface area contributed by atoms with Crippen LogP contribution in [0.15, 0.2) is 72.9 Å². The van der Waals surface area contributed by atoms with Gasteiger partial charge < -0.3 is 5.32 Å². The average Bonchev–Trinajstić information content (AvgIpc) is 3.20. The molecule has 2 N–H and O–H groups in total. The van der Waals surface area contributed by atoms with Gasteiger partial charge in [0, 0.05) is 47.6 Å². The summed E-state index contributed by atoms with van der Waals surface area (Å²) in [6.45, 7) is 0.586. The van der Waals surface area contributed by atoms with Crippen LogP contribution in [0.4, 0.5) is 20.2 Å². The second-order valence-corrected chi connectivity index (χ2v) is 9.35. The molecule has 1 aliphatic rings. The minimum Gasteiger partial charge on any atom is -0.322 e. The maximum atomic E-state index is 14.7. The fourth-order valence-electron chi connectivity index (χ4n) is 3.89. The third kappa shape index (κ3) is 3.97. The van der Waals surface area contributed by atoms with Crippen LogP contribution in [0.3, 0.4) is 0 Å². The SMILES string of the molecule is O=C(Nc1cc(F)c(F)c(-c2nccc3ccccc23)c1)c1ccc(N2CCNS2(=O)=O)cc1. The number of carbonyl (C=O) groups is 1. The van der Waals surface area contributed by atoms with Crippen molar-refractivity contribution in [1.29, 1.82) is 0 Å². The Hall–Kier alpha value is -3.89. The molecule has 2 heterocycles. The molecule has 1 aromatic heterocycles. The number of halogens is 2. The third-order valence-electron chi connectivity index (χ3n) is 5.52. The number of hydrogen-bond donors (Lipinski definition) is 2. The average molecular weight is 480 g/mol. The maximum absolute atomic E-state index is 14.7. The van der Waals surface area contributed by atoms with E-state index in [4.69, 9.17) is 0 Å². The molecule has 172 valence electrons. The van der Waals surface area contributed by atoms with E-state index in [1.54, 1.807) is 18.2 Å². The Morgan fingerprint density at radius 3 is 2.53 bits per heavy atom. The highest BCUT2D eigenvalue weighted by molar-refractivity contribution is 7.91. The summed E-state index contributed by atoms with van der Waals surface area (Å²) in [5, 5.41) is 4.04. The molecular formula is C24H18F2N4O3S. The van der Waals surface area contributed by atoms with Crippen molar-refractivity contribution in [2.75, 3.05) is 22.7 Å². The number of fused-ring (bicyclic) bond motifs is 1. The van der Waals surface area contributed by atoms with Crippen molar-refractivity contribution >= 4 is 38.3 Å². The summed E-state index contributed by atoms with van der Waals surface area (Å²) in [5.41, 5.74) is 0.884. The Morgan fingerprint density at radius 2 is 1.79 bits per heavy atom. The van der Waals surface area contributed by atoms with E-state index < -0.39 is 27.8 Å². The molecular weight excluding hydrogens is 462 g/mol. The molecule has 4 aromatic rings. The molecule has 3 aromatic carbocycles. The Labute approximate surface area is 194 Å². The van der Waals surface area contributed by atoms with Crippen LogP contribution in [0, 0.1) is 11.6 Å². The van der Waals surface area contributed by atoms with Gasteiger partial charge in [-0.05, 0) is 41.8 Å². The topological polar surface area (TPSA) is 91.4 Å². The lowest BCUT2D eigenvalue weighted by molar-refractivity contribution is 0.102. The maximum Gasteiger partial charge on any atom is 0.301 e. The Balaban J connectivity index is 1.44. The van der Waals surface area contributed by atoms with Gasteiger partial charge in [-0.25, -0.2) is 8.78 Å². The van der Waals surface area contributed by atoms with E-state index in [9.17, 15) is 22.0 Å². The lowest BCUT2D eigenvalue weighted by Gasteiger charge is -2.16. The molecule has 0 saturated carbocycles. The molecule has 5 rings (SSSR count). The molecule has 1 fully saturated rings. The van der Waals surface area contributed by atoms with Gasteiger partial charge in [-0.2, -0.15) is 13.1 Å². The number of pyridine rings is 1. The number of aromatic nitrogens is 1. The van der Waals surface area contributed by atoms with Gasteiger partial charge in [0.2, 0.25) is 0 Å². The number of carbonyl (C=O) groups excluding carboxylic acids is 1. The lowest BCUT2D eigenvalue weighted by atomic mass is 10.0. The molecule has 0 radical (unpaired) electrons. The van der Waals surface area contributed by atoms with Crippen molar-refractivity contribution in [2.24, 2.45) is 0 Å². The molecule has 7 nitrogen and oxygen atoms in total. The van der Waals surface area contributed by atoms with Crippen LogP contribution < -0.4 is 14.3 Å². The number of benzene rings is 3. The van der Waals surface area contributed by atoms with Gasteiger partial charge in [0.15, 0.2) is 11.6 Å². The van der Waals surface area contributed by atoms with Crippen molar-refractivity contribution in [2.45, 2.75) is 0 Å². The van der Waals surface area contributed by atoms with Crippen LogP contribution in [0.25, 0.3) is 22.0 Å². The number of hydrogen-bond acceptors (Lipinski definition) is 4. The lowest BCUT2D eigenvalue weighted by Crippen LogP contribution is -2.29. The minimum atomic E-state index is -3.58. The molecule has 1 aliphatic heterocycles. The highest BCUT2D eigenvalue weighted by Gasteiger charge is 2.27. The van der Waals surface area contributed by atoms with Crippen LogP contribution in [0.1, 0.15) is 10.4 Å². The van der Waals surface area contributed by atoms with Crippen LogP contribution in [0.5, 0.6) is 0 Å². The highest BCUT2D eigenvalue weighted by Crippen LogP contribution is 2.32. The van der Waals surface area contributed by atoms with Crippen LogP contribution in [-0.2, 0) is 10.2 Å². The molecule has 1 amide bonds. The van der Waals surface area contributed by atoms with E-state index >= 15 is 0 Å². The minimum absolute atomic E-state index is 0.0593. The Kier molecular flexibility index (Phi) is 5.46. The van der Waals surface area contributed by atoms with Gasteiger partial charge >= 0.3 is 10.2 Å². The van der Waals surface area contributed by atoms with E-state index in [0.29, 0.717) is 17.6 Å². The standard InChI is InChI=1S/C24H18F2N4O3S/c25-21-14-17(13-20(22(21)26)23-19-4-2-1-3-15(19)9-10-27-23)29-24(31)16-5-7-18(8-6-16)30-12-11-28-34(30,32)33/h1-10,13-14,28H,11-12H2,(H,29,31). The summed E-state index contributed by atoms with van der Waals surface area (Å²) in [4.78, 5) is 17.0. The van der Waals surface area contributed by atoms with Crippen LogP contribution >= 0.6 is 0 Å². The molecule has 0 aliphatic carbocycles. The summed E-state index contributed by atoms with van der Waals surface area (Å²) in [6.07, 6.45) is 1.51. The molecule has 10 heteroatoms. The second kappa shape index (κ2) is 8.47. The number of nitrogens with zero attached hydrogens (tertiary/aromatic N) is 2. The van der Waals surface area contributed by atoms with Gasteiger partial charge in [-0.1, -0.05) is 24.3 Å². The number of nitrogens with one attached hydrogen (secondary N) is 2. The van der Waals surface area contributed by atoms with E-state index in [1.165, 1.54) is 40.8 Å². The van der Waals surface area contributed by atoms with E-state index in [-0.39, 0.29) is 29.1 Å². The summed E-state index contributed by atoms with van der Waals surface area (Å²) in [5.74, 6) is -2.74. The van der Waals surface area contributed by atoms with Gasteiger partial charge in [0.25, 0.3) is 5.91 Å². The largest absolute Gasteiger partial charge is 0.322 e. The van der Waals surface area contributed by atoms with Crippen molar-refractivity contribution in [1.82, 2.24) is 9.71 Å². The van der Waals surface area contributed by atoms with E-state index in [2.05, 4.69) is 15.0 Å². The summed E-state index contributed by atoms with van der Waals surface area (Å²) >= 11 is 0. The third-order valence-corrected chi connectivity index (χ3v) is 7.06. The fraction of sp³-hybridized carbons (Fsp3) is 0.0833. The first-order valence-electron chi connectivity index (χ1n) is 10.4. The van der Waals surface area contributed by atoms with Crippen molar-refractivity contribution in [3.63, 3.8) is 0 Å². The number of anilines is 2. The zero-order valence-electron chi connectivity index (χ0n) is 17.6. The van der Waals surface area contributed by atoms with Gasteiger partial charge in [-0.15, -0.1) is 0 Å². The fourth-order valence-corrected chi connectivity index (χ4v) is 5.13. The van der Waals surface area contributed by atoms with Gasteiger partial charge in [0.05, 0.1) is 11.4 Å². The van der Waals surface area contributed by atoms with E-state index in [0.717, 1.165) is 11.5 Å². The molecule has 0 atom stereocenters. The quantitative estimate of drug-likeness (QED) is 0.460. The normalized spacial score (nSPS) is 14.9. The van der Waals surface area contributed by atoms with Gasteiger partial charge in [-0.3, -0.25) is 14.1 Å². The predicted octanol–water partition coefficient (Wildman–Crippen LogP) is 4.09. The number of rotatable bonds is 4. The first-order chi connectivity index (χ1) is 16.3.